The summed E-state index contributed by atoms with van der Waals surface area (Å²) in [5.74, 6) is 1.49. The first-order valence-corrected chi connectivity index (χ1v) is 12.4. The van der Waals surface area contributed by atoms with Gasteiger partial charge in [0.1, 0.15) is 0 Å². The molecule has 0 aromatic heterocycles. The number of hydrogen-bond donors (Lipinski definition) is 3. The number of hydrogen-bond acceptors (Lipinski definition) is 6. The molecule has 1 saturated heterocycles. The predicted molar refractivity (Wildman–Crippen MR) is 133 cm³/mol. The first-order chi connectivity index (χ1) is 16.2. The standard InChI is InChI=1S/C27H31NO4S/c28-16-23-3-1-2-4-25(23)20-9-11-22(12-10-20)27-31-24(18-33-14-13-29)15-26(32-27)21-7-5-19(17-30)6-8-21/h1-12,24,26-27,29-30H,13-18,28H2/t24-,26+,27+/m1/s1. The molecule has 1 fully saturated rings. The van der Waals surface area contributed by atoms with Gasteiger partial charge in [-0.25, -0.2) is 0 Å². The van der Waals surface area contributed by atoms with Crippen molar-refractivity contribution >= 4 is 11.8 Å². The summed E-state index contributed by atoms with van der Waals surface area (Å²) in [7, 11) is 0. The Kier molecular flexibility index (Phi) is 8.56. The van der Waals surface area contributed by atoms with Crippen LogP contribution in [0, 0.1) is 0 Å². The van der Waals surface area contributed by atoms with Crippen molar-refractivity contribution in [3.05, 3.63) is 95.1 Å². The van der Waals surface area contributed by atoms with Crippen molar-refractivity contribution in [1.29, 1.82) is 0 Å². The molecule has 0 amide bonds. The zero-order valence-electron chi connectivity index (χ0n) is 18.6. The van der Waals surface area contributed by atoms with Gasteiger partial charge in [0, 0.05) is 30.0 Å². The van der Waals surface area contributed by atoms with Gasteiger partial charge >= 0.3 is 0 Å². The van der Waals surface area contributed by atoms with E-state index in [1.165, 1.54) is 0 Å². The number of aliphatic hydroxyl groups excluding tert-OH is 2. The fourth-order valence-electron chi connectivity index (χ4n) is 4.10. The van der Waals surface area contributed by atoms with Crippen LogP contribution >= 0.6 is 11.8 Å². The molecule has 0 spiro atoms. The summed E-state index contributed by atoms with van der Waals surface area (Å²) in [5, 5.41) is 18.5. The molecule has 0 aliphatic carbocycles. The summed E-state index contributed by atoms with van der Waals surface area (Å²) in [6.45, 7) is 0.684. The van der Waals surface area contributed by atoms with Crippen molar-refractivity contribution < 1.29 is 19.7 Å². The molecule has 33 heavy (non-hydrogen) atoms. The van der Waals surface area contributed by atoms with Crippen LogP contribution < -0.4 is 5.73 Å². The first-order valence-electron chi connectivity index (χ1n) is 11.3. The van der Waals surface area contributed by atoms with Crippen LogP contribution in [0.5, 0.6) is 0 Å². The van der Waals surface area contributed by atoms with Crippen molar-refractivity contribution in [2.75, 3.05) is 18.1 Å². The number of benzene rings is 3. The lowest BCUT2D eigenvalue weighted by molar-refractivity contribution is -0.245. The summed E-state index contributed by atoms with van der Waals surface area (Å²) in [5.41, 5.74) is 12.2. The Labute approximate surface area is 199 Å². The highest BCUT2D eigenvalue weighted by Gasteiger charge is 2.32. The SMILES string of the molecule is NCc1ccccc1-c1ccc([C@H]2O[C@@H](CSCCO)C[C@@H](c3ccc(CO)cc3)O2)cc1. The maximum absolute atomic E-state index is 9.35. The summed E-state index contributed by atoms with van der Waals surface area (Å²) in [6.07, 6.45) is 0.184. The van der Waals surface area contributed by atoms with Gasteiger partial charge in [0.05, 0.1) is 25.4 Å². The molecule has 4 N–H and O–H groups in total. The molecule has 0 radical (unpaired) electrons. The highest BCUT2D eigenvalue weighted by atomic mass is 32.2. The van der Waals surface area contributed by atoms with E-state index in [-0.39, 0.29) is 25.4 Å². The summed E-state index contributed by atoms with van der Waals surface area (Å²) in [6, 6.07) is 24.4. The molecule has 0 saturated carbocycles. The average molecular weight is 466 g/mol. The van der Waals surface area contributed by atoms with Gasteiger partial charge in [0.25, 0.3) is 0 Å². The Hall–Kier alpha value is -2.19. The lowest BCUT2D eigenvalue weighted by Crippen LogP contribution is -2.31. The third kappa shape index (κ3) is 6.03. The second-order valence-corrected chi connectivity index (χ2v) is 9.28. The maximum atomic E-state index is 9.35. The van der Waals surface area contributed by atoms with Gasteiger partial charge in [-0.05, 0) is 27.8 Å². The molecule has 4 rings (SSSR count). The first kappa shape index (κ1) is 24.0. The summed E-state index contributed by atoms with van der Waals surface area (Å²) < 4.78 is 12.7. The molecule has 0 bridgehead atoms. The Bertz CT molecular complexity index is 1010. The van der Waals surface area contributed by atoms with E-state index in [0.29, 0.717) is 12.3 Å². The normalized spacial score (nSPS) is 20.6. The molecule has 5 nitrogen and oxygen atoms in total. The molecule has 3 aromatic rings. The van der Waals surface area contributed by atoms with Crippen LogP contribution in [-0.4, -0.2) is 34.4 Å². The van der Waals surface area contributed by atoms with E-state index in [9.17, 15) is 5.11 Å². The van der Waals surface area contributed by atoms with E-state index in [1.807, 2.05) is 36.4 Å². The minimum absolute atomic E-state index is 0.0143. The topological polar surface area (TPSA) is 84.9 Å². The third-order valence-corrected chi connectivity index (χ3v) is 6.96. The highest BCUT2D eigenvalue weighted by molar-refractivity contribution is 7.99. The van der Waals surface area contributed by atoms with Crippen LogP contribution in [0.1, 0.15) is 41.1 Å². The van der Waals surface area contributed by atoms with Gasteiger partial charge in [-0.3, -0.25) is 0 Å². The van der Waals surface area contributed by atoms with Crippen molar-refractivity contribution in [1.82, 2.24) is 0 Å². The smallest absolute Gasteiger partial charge is 0.184 e. The van der Waals surface area contributed by atoms with Crippen molar-refractivity contribution in [2.45, 2.75) is 38.1 Å². The van der Waals surface area contributed by atoms with Crippen LogP contribution in [0.2, 0.25) is 0 Å². The lowest BCUT2D eigenvalue weighted by atomic mass is 9.98. The van der Waals surface area contributed by atoms with Gasteiger partial charge in [-0.15, -0.1) is 0 Å². The van der Waals surface area contributed by atoms with Gasteiger partial charge in [-0.1, -0.05) is 72.8 Å². The molecule has 174 valence electrons. The van der Waals surface area contributed by atoms with Crippen molar-refractivity contribution in [3.8, 4) is 11.1 Å². The molecule has 1 heterocycles. The van der Waals surface area contributed by atoms with Gasteiger partial charge < -0.3 is 25.4 Å². The zero-order valence-corrected chi connectivity index (χ0v) is 19.4. The minimum Gasteiger partial charge on any atom is -0.396 e. The zero-order chi connectivity index (χ0) is 23.0. The molecular weight excluding hydrogens is 434 g/mol. The van der Waals surface area contributed by atoms with Crippen LogP contribution in [0.3, 0.4) is 0 Å². The quantitative estimate of drug-likeness (QED) is 0.401. The van der Waals surface area contributed by atoms with Crippen LogP contribution in [0.4, 0.5) is 0 Å². The predicted octanol–water partition coefficient (Wildman–Crippen LogP) is 4.58. The summed E-state index contributed by atoms with van der Waals surface area (Å²) >= 11 is 1.69. The fourth-order valence-corrected chi connectivity index (χ4v) is 4.88. The Balaban J connectivity index is 1.55. The van der Waals surface area contributed by atoms with E-state index in [1.54, 1.807) is 11.8 Å². The number of thioether (sulfide) groups is 1. The number of ether oxygens (including phenoxy) is 2. The number of nitrogens with two attached hydrogens (primary N) is 1. The van der Waals surface area contributed by atoms with Gasteiger partial charge in [-0.2, -0.15) is 11.8 Å². The molecule has 3 aromatic carbocycles. The van der Waals surface area contributed by atoms with E-state index in [2.05, 4.69) is 36.4 Å². The molecule has 0 unspecified atom stereocenters. The van der Waals surface area contributed by atoms with E-state index < -0.39 is 6.29 Å². The number of rotatable bonds is 9. The average Bonchev–Trinajstić information content (AvgIpc) is 2.89. The molecule has 1 aliphatic heterocycles. The molecular formula is C27H31NO4S. The largest absolute Gasteiger partial charge is 0.396 e. The van der Waals surface area contributed by atoms with Crippen LogP contribution in [-0.2, 0) is 22.6 Å². The van der Waals surface area contributed by atoms with Crippen molar-refractivity contribution in [3.63, 3.8) is 0 Å². The highest BCUT2D eigenvalue weighted by Crippen LogP contribution is 2.39. The Morgan fingerprint density at radius 1 is 0.879 bits per heavy atom. The Morgan fingerprint density at radius 3 is 2.30 bits per heavy atom. The van der Waals surface area contributed by atoms with Crippen LogP contribution in [0.25, 0.3) is 11.1 Å². The third-order valence-electron chi connectivity index (χ3n) is 5.89. The number of aliphatic hydroxyl groups is 2. The second kappa shape index (κ2) is 11.8. The van der Waals surface area contributed by atoms with E-state index in [4.69, 9.17) is 20.3 Å². The van der Waals surface area contributed by atoms with E-state index in [0.717, 1.165) is 45.6 Å². The summed E-state index contributed by atoms with van der Waals surface area (Å²) in [4.78, 5) is 0. The van der Waals surface area contributed by atoms with E-state index >= 15 is 0 Å². The molecule has 3 atom stereocenters. The maximum Gasteiger partial charge on any atom is 0.184 e. The fraction of sp³-hybridized carbons (Fsp3) is 0.333. The molecule has 6 heteroatoms. The monoisotopic (exact) mass is 465 g/mol. The second-order valence-electron chi connectivity index (χ2n) is 8.13. The van der Waals surface area contributed by atoms with Gasteiger partial charge in [0.2, 0.25) is 0 Å². The van der Waals surface area contributed by atoms with Gasteiger partial charge in [0.15, 0.2) is 6.29 Å². The lowest BCUT2D eigenvalue weighted by Gasteiger charge is -2.36. The minimum atomic E-state index is -0.472. The van der Waals surface area contributed by atoms with Crippen LogP contribution in [0.15, 0.2) is 72.8 Å². The van der Waals surface area contributed by atoms with Crippen molar-refractivity contribution in [2.24, 2.45) is 5.73 Å². The Morgan fingerprint density at radius 2 is 1.61 bits per heavy atom. The molecule has 1 aliphatic rings.